The lowest BCUT2D eigenvalue weighted by atomic mass is 9.98. The van der Waals surface area contributed by atoms with E-state index in [2.05, 4.69) is 15.9 Å². The zero-order valence-corrected chi connectivity index (χ0v) is 20.3. The monoisotopic (exact) mass is 572 g/mol. The Morgan fingerprint density at radius 1 is 1.05 bits per heavy atom. The number of amides is 2. The number of anilines is 1. The van der Waals surface area contributed by atoms with Gasteiger partial charge in [0.2, 0.25) is 5.76 Å². The molecule has 188 valence electrons. The van der Waals surface area contributed by atoms with Gasteiger partial charge in [-0.25, -0.2) is 0 Å². The van der Waals surface area contributed by atoms with Crippen molar-refractivity contribution in [1.29, 1.82) is 0 Å². The summed E-state index contributed by atoms with van der Waals surface area (Å²) in [7, 11) is 0. The number of nitrogens with zero attached hydrogens (tertiary/aromatic N) is 1. The standard InChI is InChI=1S/C26H16BrF3N2O5/c27-15-6-9-19-18(11-15)23(34)21-22(13-4-7-17(8-5-13)36-12-20(31)33)32(25(35)24(21)37-19)16-3-1-2-14(10-16)26(28,29)30/h1-11,22H,12H2,(H2,31,33). The average Bonchev–Trinajstić information content (AvgIpc) is 3.15. The van der Waals surface area contributed by atoms with Gasteiger partial charge in [-0.1, -0.05) is 34.1 Å². The molecule has 37 heavy (non-hydrogen) atoms. The van der Waals surface area contributed by atoms with Crippen molar-refractivity contribution >= 4 is 44.4 Å². The molecular formula is C26H16BrF3N2O5. The molecule has 2 amide bonds. The molecule has 1 atom stereocenters. The van der Waals surface area contributed by atoms with E-state index >= 15 is 0 Å². The fourth-order valence-corrected chi connectivity index (χ4v) is 4.62. The van der Waals surface area contributed by atoms with Crippen LogP contribution in [0.1, 0.15) is 33.3 Å². The van der Waals surface area contributed by atoms with Gasteiger partial charge in [0.05, 0.1) is 22.6 Å². The molecule has 0 radical (unpaired) electrons. The second-order valence-electron chi connectivity index (χ2n) is 8.26. The summed E-state index contributed by atoms with van der Waals surface area (Å²) in [6.07, 6.45) is -4.64. The smallest absolute Gasteiger partial charge is 0.416 e. The zero-order valence-electron chi connectivity index (χ0n) is 18.7. The van der Waals surface area contributed by atoms with Crippen LogP contribution >= 0.6 is 15.9 Å². The number of nitrogens with two attached hydrogens (primary N) is 1. The van der Waals surface area contributed by atoms with Gasteiger partial charge in [-0.05, 0) is 54.1 Å². The number of benzene rings is 3. The Balaban J connectivity index is 1.71. The highest BCUT2D eigenvalue weighted by molar-refractivity contribution is 9.10. The van der Waals surface area contributed by atoms with E-state index in [4.69, 9.17) is 14.9 Å². The first-order chi connectivity index (χ1) is 17.5. The predicted molar refractivity (Wildman–Crippen MR) is 131 cm³/mol. The van der Waals surface area contributed by atoms with Crippen LogP contribution in [0.5, 0.6) is 5.75 Å². The minimum absolute atomic E-state index is 0.00110. The van der Waals surface area contributed by atoms with Crippen LogP contribution < -0.4 is 20.8 Å². The maximum Gasteiger partial charge on any atom is 0.416 e. The van der Waals surface area contributed by atoms with E-state index < -0.39 is 35.0 Å². The molecule has 7 nitrogen and oxygen atoms in total. The van der Waals surface area contributed by atoms with Crippen molar-refractivity contribution in [2.24, 2.45) is 5.73 Å². The van der Waals surface area contributed by atoms with Gasteiger partial charge in [-0.2, -0.15) is 13.2 Å². The van der Waals surface area contributed by atoms with Crippen LogP contribution in [0.25, 0.3) is 11.0 Å². The molecule has 3 aromatic carbocycles. The molecule has 0 bridgehead atoms. The number of primary amides is 1. The van der Waals surface area contributed by atoms with Crippen molar-refractivity contribution < 1.29 is 31.9 Å². The molecule has 0 saturated carbocycles. The van der Waals surface area contributed by atoms with E-state index in [9.17, 15) is 27.6 Å². The third-order valence-electron chi connectivity index (χ3n) is 5.86. The molecule has 0 saturated heterocycles. The van der Waals surface area contributed by atoms with Gasteiger partial charge in [0.1, 0.15) is 11.3 Å². The number of fused-ring (bicyclic) bond motifs is 2. The fraction of sp³-hybridized carbons (Fsp3) is 0.115. The number of rotatable bonds is 5. The van der Waals surface area contributed by atoms with E-state index in [1.165, 1.54) is 30.3 Å². The molecular weight excluding hydrogens is 557 g/mol. The molecule has 5 rings (SSSR count). The van der Waals surface area contributed by atoms with Crippen LogP contribution in [0.4, 0.5) is 18.9 Å². The number of carbonyl (C=O) groups excluding carboxylic acids is 2. The van der Waals surface area contributed by atoms with Crippen LogP contribution in [-0.2, 0) is 11.0 Å². The number of hydrogen-bond acceptors (Lipinski definition) is 5. The first-order valence-electron chi connectivity index (χ1n) is 10.8. The first-order valence-corrected chi connectivity index (χ1v) is 11.6. The summed E-state index contributed by atoms with van der Waals surface area (Å²) in [5.74, 6) is -1.38. The van der Waals surface area contributed by atoms with Crippen LogP contribution in [0, 0.1) is 0 Å². The van der Waals surface area contributed by atoms with E-state index in [0.717, 1.165) is 17.0 Å². The molecule has 0 aliphatic carbocycles. The topological polar surface area (TPSA) is 103 Å². The lowest BCUT2D eigenvalue weighted by Gasteiger charge is -2.26. The Bertz CT molecular complexity index is 1620. The molecule has 2 heterocycles. The first kappa shape index (κ1) is 24.6. The number of alkyl halides is 3. The molecule has 1 aliphatic heterocycles. The highest BCUT2D eigenvalue weighted by Gasteiger charge is 2.44. The third-order valence-corrected chi connectivity index (χ3v) is 6.35. The van der Waals surface area contributed by atoms with Gasteiger partial charge in [-0.15, -0.1) is 0 Å². The summed E-state index contributed by atoms with van der Waals surface area (Å²) in [5.41, 5.74) is 4.18. The Morgan fingerprint density at radius 2 is 1.78 bits per heavy atom. The van der Waals surface area contributed by atoms with Crippen molar-refractivity contribution in [2.45, 2.75) is 12.2 Å². The van der Waals surface area contributed by atoms with Gasteiger partial charge >= 0.3 is 6.18 Å². The molecule has 4 aromatic rings. The highest BCUT2D eigenvalue weighted by Crippen LogP contribution is 2.43. The highest BCUT2D eigenvalue weighted by atomic mass is 79.9. The van der Waals surface area contributed by atoms with E-state index in [0.29, 0.717) is 15.8 Å². The molecule has 0 fully saturated rings. The van der Waals surface area contributed by atoms with Gasteiger partial charge in [0, 0.05) is 10.2 Å². The summed E-state index contributed by atoms with van der Waals surface area (Å²) in [6, 6.07) is 14.0. The van der Waals surface area contributed by atoms with E-state index in [-0.39, 0.29) is 34.6 Å². The lowest BCUT2D eigenvalue weighted by Crippen LogP contribution is -2.29. The van der Waals surface area contributed by atoms with Crippen LogP contribution in [0.15, 0.2) is 80.4 Å². The Labute approximate surface area is 215 Å². The summed E-state index contributed by atoms with van der Waals surface area (Å²) in [4.78, 5) is 39.3. The van der Waals surface area contributed by atoms with Crippen molar-refractivity contribution in [3.05, 3.63) is 104 Å². The number of halogens is 4. The lowest BCUT2D eigenvalue weighted by molar-refractivity contribution is -0.137. The number of hydrogen-bond donors (Lipinski definition) is 1. The van der Waals surface area contributed by atoms with E-state index in [1.807, 2.05) is 0 Å². The molecule has 2 N–H and O–H groups in total. The van der Waals surface area contributed by atoms with Gasteiger partial charge in [-0.3, -0.25) is 19.3 Å². The van der Waals surface area contributed by atoms with Gasteiger partial charge in [0.15, 0.2) is 12.0 Å². The van der Waals surface area contributed by atoms with Gasteiger partial charge in [0.25, 0.3) is 11.8 Å². The van der Waals surface area contributed by atoms with Crippen molar-refractivity contribution in [1.82, 2.24) is 0 Å². The fourth-order valence-electron chi connectivity index (χ4n) is 4.26. The van der Waals surface area contributed by atoms with Gasteiger partial charge < -0.3 is 14.9 Å². The summed E-state index contributed by atoms with van der Waals surface area (Å²) in [6.45, 7) is -0.356. The molecule has 1 aromatic heterocycles. The SMILES string of the molecule is NC(=O)COc1ccc(C2c3c(oc4ccc(Br)cc4c3=O)C(=O)N2c2cccc(C(F)(F)F)c2)cc1. The Kier molecular flexibility index (Phi) is 6.03. The largest absolute Gasteiger partial charge is 0.484 e. The minimum Gasteiger partial charge on any atom is -0.484 e. The normalized spacial score (nSPS) is 15.2. The Hall–Kier alpha value is -4.12. The summed E-state index contributed by atoms with van der Waals surface area (Å²) in [5, 5.41) is 0.207. The second kappa shape index (κ2) is 9.07. The molecule has 1 aliphatic rings. The quantitative estimate of drug-likeness (QED) is 0.354. The Morgan fingerprint density at radius 3 is 2.46 bits per heavy atom. The maximum absolute atomic E-state index is 13.6. The molecule has 1 unspecified atom stereocenters. The summed E-state index contributed by atoms with van der Waals surface area (Å²) >= 11 is 3.32. The number of carbonyl (C=O) groups is 2. The molecule has 11 heteroatoms. The maximum atomic E-state index is 13.6. The zero-order chi connectivity index (χ0) is 26.5. The van der Waals surface area contributed by atoms with Crippen LogP contribution in [-0.4, -0.2) is 18.4 Å². The molecule has 0 spiro atoms. The third kappa shape index (κ3) is 4.46. The average molecular weight is 573 g/mol. The van der Waals surface area contributed by atoms with Crippen LogP contribution in [0.3, 0.4) is 0 Å². The van der Waals surface area contributed by atoms with Crippen LogP contribution in [0.2, 0.25) is 0 Å². The second-order valence-corrected chi connectivity index (χ2v) is 9.18. The van der Waals surface area contributed by atoms with Crippen molar-refractivity contribution in [3.63, 3.8) is 0 Å². The number of ether oxygens (including phenoxy) is 1. The predicted octanol–water partition coefficient (Wildman–Crippen LogP) is 5.19. The minimum atomic E-state index is -4.64. The summed E-state index contributed by atoms with van der Waals surface area (Å²) < 4.78 is 52.1. The van der Waals surface area contributed by atoms with Crippen molar-refractivity contribution in [2.75, 3.05) is 11.5 Å². The van der Waals surface area contributed by atoms with Crippen molar-refractivity contribution in [3.8, 4) is 5.75 Å². The van der Waals surface area contributed by atoms with E-state index in [1.54, 1.807) is 24.3 Å².